The molecule has 0 aromatic rings. The Kier molecular flexibility index (Phi) is 5.22. The number of nitrogens with zero attached hydrogens (tertiary/aromatic N) is 2. The Balaban J connectivity index is 2.33. The first-order valence-electron chi connectivity index (χ1n) is 6.12. The Labute approximate surface area is 99.0 Å². The summed E-state index contributed by atoms with van der Waals surface area (Å²) in [5.74, 6) is 0.193. The Bertz CT molecular complexity index is 222. The van der Waals surface area contributed by atoms with Crippen LogP contribution in [0.3, 0.4) is 0 Å². The van der Waals surface area contributed by atoms with Gasteiger partial charge in [-0.1, -0.05) is 0 Å². The molecule has 0 heterocycles. The van der Waals surface area contributed by atoms with Gasteiger partial charge in [-0.25, -0.2) is 0 Å². The van der Waals surface area contributed by atoms with Gasteiger partial charge in [-0.2, -0.15) is 0 Å². The predicted molar refractivity (Wildman–Crippen MR) is 66.4 cm³/mol. The van der Waals surface area contributed by atoms with Gasteiger partial charge in [-0.05, 0) is 39.8 Å². The average Bonchev–Trinajstić information content (AvgIpc) is 2.28. The molecule has 1 aliphatic carbocycles. The first-order valence-corrected chi connectivity index (χ1v) is 6.12. The number of amides is 1. The molecule has 0 saturated heterocycles. The minimum Gasteiger partial charge on any atom is -0.348 e. The van der Waals surface area contributed by atoms with E-state index in [-0.39, 0.29) is 5.91 Å². The number of likely N-dealkylation sites (N-methyl/N-ethyl adjacent to an activating group) is 2. The van der Waals surface area contributed by atoms with Crippen molar-refractivity contribution in [2.75, 3.05) is 34.7 Å². The van der Waals surface area contributed by atoms with Crippen molar-refractivity contribution in [2.45, 2.75) is 37.8 Å². The van der Waals surface area contributed by atoms with Crippen molar-refractivity contribution in [3.63, 3.8) is 0 Å². The molecule has 1 rings (SSSR count). The Morgan fingerprint density at radius 1 is 1.19 bits per heavy atom. The van der Waals surface area contributed by atoms with E-state index < -0.39 is 0 Å². The topological polar surface area (TPSA) is 35.6 Å². The highest BCUT2D eigenvalue weighted by molar-refractivity contribution is 5.77. The highest BCUT2D eigenvalue weighted by Gasteiger charge is 2.24. The molecular formula is C12H25N3O. The van der Waals surface area contributed by atoms with Crippen molar-refractivity contribution in [1.82, 2.24) is 15.1 Å². The number of carbonyl (C=O) groups is 1. The van der Waals surface area contributed by atoms with E-state index >= 15 is 0 Å². The molecule has 1 aliphatic rings. The SMILES string of the molecule is CNC1CCC(N(C)CC(=O)N(C)C)CC1. The van der Waals surface area contributed by atoms with E-state index in [1.54, 1.807) is 4.90 Å². The molecule has 0 bridgehead atoms. The van der Waals surface area contributed by atoms with Gasteiger partial charge in [0, 0.05) is 26.2 Å². The van der Waals surface area contributed by atoms with Gasteiger partial charge in [0.25, 0.3) is 0 Å². The number of nitrogens with one attached hydrogen (secondary N) is 1. The fraction of sp³-hybridized carbons (Fsp3) is 0.917. The van der Waals surface area contributed by atoms with Gasteiger partial charge in [-0.15, -0.1) is 0 Å². The second-order valence-electron chi connectivity index (χ2n) is 5.00. The highest BCUT2D eigenvalue weighted by atomic mass is 16.2. The highest BCUT2D eigenvalue weighted by Crippen LogP contribution is 2.21. The molecular weight excluding hydrogens is 202 g/mol. The van der Waals surface area contributed by atoms with Crippen molar-refractivity contribution < 1.29 is 4.79 Å². The lowest BCUT2D eigenvalue weighted by Gasteiger charge is -2.34. The quantitative estimate of drug-likeness (QED) is 0.761. The normalized spacial score (nSPS) is 25.8. The van der Waals surface area contributed by atoms with Crippen LogP contribution in [0.4, 0.5) is 0 Å². The molecule has 0 radical (unpaired) electrons. The molecule has 0 atom stereocenters. The van der Waals surface area contributed by atoms with Gasteiger partial charge in [0.15, 0.2) is 0 Å². The van der Waals surface area contributed by atoms with Crippen LogP contribution in [-0.4, -0.2) is 62.5 Å². The molecule has 0 spiro atoms. The van der Waals surface area contributed by atoms with Gasteiger partial charge in [0.1, 0.15) is 0 Å². The summed E-state index contributed by atoms with van der Waals surface area (Å²) in [5.41, 5.74) is 0. The summed E-state index contributed by atoms with van der Waals surface area (Å²) in [6.07, 6.45) is 4.84. The average molecular weight is 227 g/mol. The maximum absolute atomic E-state index is 11.6. The maximum Gasteiger partial charge on any atom is 0.236 e. The number of hydrogen-bond donors (Lipinski definition) is 1. The molecule has 0 aromatic heterocycles. The fourth-order valence-corrected chi connectivity index (χ4v) is 2.29. The molecule has 4 heteroatoms. The Morgan fingerprint density at radius 2 is 1.75 bits per heavy atom. The smallest absolute Gasteiger partial charge is 0.236 e. The van der Waals surface area contributed by atoms with Crippen LogP contribution >= 0.6 is 0 Å². The maximum atomic E-state index is 11.6. The van der Waals surface area contributed by atoms with E-state index in [4.69, 9.17) is 0 Å². The molecule has 0 aliphatic heterocycles. The molecule has 94 valence electrons. The summed E-state index contributed by atoms with van der Waals surface area (Å²) < 4.78 is 0. The summed E-state index contributed by atoms with van der Waals surface area (Å²) in [7, 11) is 7.72. The van der Waals surface area contributed by atoms with Gasteiger partial charge in [-0.3, -0.25) is 9.69 Å². The van der Waals surface area contributed by atoms with Crippen LogP contribution in [0.1, 0.15) is 25.7 Å². The molecule has 4 nitrogen and oxygen atoms in total. The van der Waals surface area contributed by atoms with E-state index in [2.05, 4.69) is 17.3 Å². The fourth-order valence-electron chi connectivity index (χ4n) is 2.29. The Morgan fingerprint density at radius 3 is 2.19 bits per heavy atom. The van der Waals surface area contributed by atoms with Crippen LogP contribution in [0.5, 0.6) is 0 Å². The largest absolute Gasteiger partial charge is 0.348 e. The zero-order valence-corrected chi connectivity index (χ0v) is 11.0. The van der Waals surface area contributed by atoms with Gasteiger partial charge >= 0.3 is 0 Å². The van der Waals surface area contributed by atoms with Crippen molar-refractivity contribution in [3.05, 3.63) is 0 Å². The van der Waals surface area contributed by atoms with Gasteiger partial charge in [0.05, 0.1) is 6.54 Å². The molecule has 1 fully saturated rings. The third-order valence-corrected chi connectivity index (χ3v) is 3.61. The lowest BCUT2D eigenvalue weighted by atomic mass is 9.90. The molecule has 1 amide bonds. The predicted octanol–water partition coefficient (Wildman–Crippen LogP) is 0.537. The van der Waals surface area contributed by atoms with Crippen molar-refractivity contribution in [2.24, 2.45) is 0 Å². The van der Waals surface area contributed by atoms with Crippen molar-refractivity contribution in [3.8, 4) is 0 Å². The zero-order chi connectivity index (χ0) is 12.1. The standard InChI is InChI=1S/C12H25N3O/c1-13-10-5-7-11(8-6-10)15(4)9-12(16)14(2)3/h10-11,13H,5-9H2,1-4H3. The minimum absolute atomic E-state index is 0.193. The number of rotatable bonds is 4. The van der Waals surface area contributed by atoms with Gasteiger partial charge in [0.2, 0.25) is 5.91 Å². The van der Waals surface area contributed by atoms with Crippen LogP contribution in [0, 0.1) is 0 Å². The Hall–Kier alpha value is -0.610. The first kappa shape index (κ1) is 13.5. The molecule has 1 N–H and O–H groups in total. The summed E-state index contributed by atoms with van der Waals surface area (Å²) in [4.78, 5) is 15.5. The van der Waals surface area contributed by atoms with Crippen molar-refractivity contribution in [1.29, 1.82) is 0 Å². The second kappa shape index (κ2) is 6.21. The van der Waals surface area contributed by atoms with Crippen LogP contribution < -0.4 is 5.32 Å². The van der Waals surface area contributed by atoms with E-state index in [0.29, 0.717) is 18.6 Å². The summed E-state index contributed by atoms with van der Waals surface area (Å²) >= 11 is 0. The van der Waals surface area contributed by atoms with Gasteiger partial charge < -0.3 is 10.2 Å². The van der Waals surface area contributed by atoms with E-state index in [9.17, 15) is 4.79 Å². The second-order valence-corrected chi connectivity index (χ2v) is 5.00. The molecule has 16 heavy (non-hydrogen) atoms. The van der Waals surface area contributed by atoms with Crippen LogP contribution in [0.15, 0.2) is 0 Å². The first-order chi connectivity index (χ1) is 7.54. The third kappa shape index (κ3) is 3.76. The molecule has 0 aromatic carbocycles. The van der Waals surface area contributed by atoms with E-state index in [1.807, 2.05) is 21.1 Å². The van der Waals surface area contributed by atoms with E-state index in [0.717, 1.165) is 0 Å². The molecule has 0 unspecified atom stereocenters. The molecule has 1 saturated carbocycles. The minimum atomic E-state index is 0.193. The van der Waals surface area contributed by atoms with Crippen LogP contribution in [0.2, 0.25) is 0 Å². The van der Waals surface area contributed by atoms with Crippen molar-refractivity contribution >= 4 is 5.91 Å². The lowest BCUT2D eigenvalue weighted by molar-refractivity contribution is -0.130. The summed E-state index contributed by atoms with van der Waals surface area (Å²) in [6.45, 7) is 0.544. The van der Waals surface area contributed by atoms with E-state index in [1.165, 1.54) is 25.7 Å². The van der Waals surface area contributed by atoms with Crippen LogP contribution in [0.25, 0.3) is 0 Å². The summed E-state index contributed by atoms with van der Waals surface area (Å²) in [5, 5.41) is 3.33. The zero-order valence-electron chi connectivity index (χ0n) is 11.0. The monoisotopic (exact) mass is 227 g/mol. The summed E-state index contributed by atoms with van der Waals surface area (Å²) in [6, 6.07) is 1.25. The lowest BCUT2D eigenvalue weighted by Crippen LogP contribution is -2.43. The number of hydrogen-bond acceptors (Lipinski definition) is 3. The third-order valence-electron chi connectivity index (χ3n) is 3.61. The van der Waals surface area contributed by atoms with Crippen LogP contribution in [-0.2, 0) is 4.79 Å². The number of carbonyl (C=O) groups excluding carboxylic acids is 1.